The summed E-state index contributed by atoms with van der Waals surface area (Å²) in [6.07, 6.45) is 3.61. The molecule has 0 fully saturated rings. The first kappa shape index (κ1) is 17.3. The smallest absolute Gasteiger partial charge is 0.236 e. The third-order valence-corrected chi connectivity index (χ3v) is 4.02. The van der Waals surface area contributed by atoms with Gasteiger partial charge in [-0.3, -0.25) is 9.48 Å². The van der Waals surface area contributed by atoms with Gasteiger partial charge in [0.05, 0.1) is 25.3 Å². The van der Waals surface area contributed by atoms with Crippen LogP contribution < -0.4 is 20.1 Å². The summed E-state index contributed by atoms with van der Waals surface area (Å²) in [6, 6.07) is 7.26. The van der Waals surface area contributed by atoms with E-state index in [-0.39, 0.29) is 18.1 Å². The zero-order chi connectivity index (χ0) is 17.6. The number of hydrogen-bond donors (Lipinski definition) is 2. The molecule has 1 aliphatic rings. The Morgan fingerprint density at radius 3 is 2.96 bits per heavy atom. The van der Waals surface area contributed by atoms with Crippen LogP contribution in [-0.2, 0) is 11.3 Å². The second-order valence-corrected chi connectivity index (χ2v) is 6.20. The van der Waals surface area contributed by atoms with E-state index in [9.17, 15) is 4.79 Å². The Morgan fingerprint density at radius 2 is 2.20 bits per heavy atom. The Balaban J connectivity index is 1.37. The van der Waals surface area contributed by atoms with Crippen LogP contribution in [0.2, 0.25) is 0 Å². The molecule has 3 rings (SSSR count). The van der Waals surface area contributed by atoms with Crippen molar-refractivity contribution in [1.29, 1.82) is 0 Å². The number of rotatable bonds is 7. The van der Waals surface area contributed by atoms with Gasteiger partial charge in [0.1, 0.15) is 12.7 Å². The summed E-state index contributed by atoms with van der Waals surface area (Å²) in [4.78, 5) is 12.2. The molecule has 25 heavy (non-hydrogen) atoms. The van der Waals surface area contributed by atoms with Crippen molar-refractivity contribution in [2.24, 2.45) is 0 Å². The molecule has 0 radical (unpaired) electrons. The highest BCUT2D eigenvalue weighted by atomic mass is 16.6. The number of amides is 1. The SMILES string of the molecule is Cc1cnn(CCNC(C)C(=O)NCC2COc3ccccc3O2)c1. The maximum absolute atomic E-state index is 12.2. The molecule has 0 spiro atoms. The second-order valence-electron chi connectivity index (χ2n) is 6.20. The van der Waals surface area contributed by atoms with Crippen LogP contribution in [0.5, 0.6) is 11.5 Å². The minimum absolute atomic E-state index is 0.0564. The van der Waals surface area contributed by atoms with Crippen LogP contribution in [-0.4, -0.2) is 47.5 Å². The zero-order valence-corrected chi connectivity index (χ0v) is 14.6. The predicted octanol–water partition coefficient (Wildman–Crippen LogP) is 1.13. The number of aryl methyl sites for hydroxylation is 1. The normalized spacial score (nSPS) is 17.1. The van der Waals surface area contributed by atoms with E-state index >= 15 is 0 Å². The lowest BCUT2D eigenvalue weighted by atomic mass is 10.2. The van der Waals surface area contributed by atoms with Gasteiger partial charge in [-0.05, 0) is 31.5 Å². The minimum Gasteiger partial charge on any atom is -0.486 e. The molecule has 1 aromatic carbocycles. The fraction of sp³-hybridized carbons (Fsp3) is 0.444. The fourth-order valence-corrected chi connectivity index (χ4v) is 2.61. The second kappa shape index (κ2) is 8.02. The first-order valence-electron chi connectivity index (χ1n) is 8.50. The Morgan fingerprint density at radius 1 is 1.40 bits per heavy atom. The molecular weight excluding hydrogens is 320 g/mol. The highest BCUT2D eigenvalue weighted by Gasteiger charge is 2.22. The predicted molar refractivity (Wildman–Crippen MR) is 93.8 cm³/mol. The number of para-hydroxylation sites is 2. The lowest BCUT2D eigenvalue weighted by Crippen LogP contribution is -2.47. The monoisotopic (exact) mass is 344 g/mol. The fourth-order valence-electron chi connectivity index (χ4n) is 2.61. The average molecular weight is 344 g/mol. The van der Waals surface area contributed by atoms with Gasteiger partial charge >= 0.3 is 0 Å². The molecule has 0 saturated heterocycles. The van der Waals surface area contributed by atoms with Crippen molar-refractivity contribution in [1.82, 2.24) is 20.4 Å². The number of carbonyl (C=O) groups excluding carboxylic acids is 1. The zero-order valence-electron chi connectivity index (χ0n) is 14.6. The third-order valence-electron chi connectivity index (χ3n) is 4.02. The van der Waals surface area contributed by atoms with Gasteiger partial charge in [-0.2, -0.15) is 5.10 Å². The number of nitrogens with zero attached hydrogens (tertiary/aromatic N) is 2. The summed E-state index contributed by atoms with van der Waals surface area (Å²) in [5.74, 6) is 1.40. The molecule has 0 saturated carbocycles. The van der Waals surface area contributed by atoms with Gasteiger partial charge in [-0.15, -0.1) is 0 Å². The van der Waals surface area contributed by atoms with Gasteiger partial charge in [-0.25, -0.2) is 0 Å². The van der Waals surface area contributed by atoms with E-state index in [1.54, 1.807) is 0 Å². The summed E-state index contributed by atoms with van der Waals surface area (Å²) in [5, 5.41) is 10.3. The quantitative estimate of drug-likeness (QED) is 0.787. The highest BCUT2D eigenvalue weighted by molar-refractivity contribution is 5.81. The van der Waals surface area contributed by atoms with E-state index < -0.39 is 0 Å². The van der Waals surface area contributed by atoms with Crippen LogP contribution in [0, 0.1) is 6.92 Å². The van der Waals surface area contributed by atoms with Gasteiger partial charge in [0.15, 0.2) is 11.5 Å². The lowest BCUT2D eigenvalue weighted by Gasteiger charge is -2.27. The van der Waals surface area contributed by atoms with Crippen LogP contribution >= 0.6 is 0 Å². The van der Waals surface area contributed by atoms with E-state index in [0.29, 0.717) is 25.4 Å². The van der Waals surface area contributed by atoms with Crippen LogP contribution in [0.3, 0.4) is 0 Å². The van der Waals surface area contributed by atoms with Crippen molar-refractivity contribution in [3.63, 3.8) is 0 Å². The Hall–Kier alpha value is -2.54. The molecule has 2 N–H and O–H groups in total. The topological polar surface area (TPSA) is 77.4 Å². The number of nitrogens with one attached hydrogen (secondary N) is 2. The summed E-state index contributed by atoms with van der Waals surface area (Å²) in [5.41, 5.74) is 1.13. The van der Waals surface area contributed by atoms with Crippen molar-refractivity contribution in [2.75, 3.05) is 19.7 Å². The van der Waals surface area contributed by atoms with Gasteiger partial charge in [-0.1, -0.05) is 12.1 Å². The molecule has 0 aliphatic carbocycles. The van der Waals surface area contributed by atoms with Crippen LogP contribution in [0.4, 0.5) is 0 Å². The number of carbonyl (C=O) groups is 1. The molecule has 134 valence electrons. The molecule has 7 heteroatoms. The molecule has 2 atom stereocenters. The minimum atomic E-state index is -0.284. The first-order valence-corrected chi connectivity index (χ1v) is 8.50. The number of hydrogen-bond acceptors (Lipinski definition) is 5. The van der Waals surface area contributed by atoms with E-state index in [1.165, 1.54) is 0 Å². The largest absolute Gasteiger partial charge is 0.486 e. The molecule has 1 aromatic heterocycles. The van der Waals surface area contributed by atoms with Crippen molar-refractivity contribution in [3.05, 3.63) is 42.2 Å². The Bertz CT molecular complexity index is 716. The molecule has 2 heterocycles. The number of benzene rings is 1. The third kappa shape index (κ3) is 4.73. The maximum atomic E-state index is 12.2. The van der Waals surface area contributed by atoms with Crippen LogP contribution in [0.1, 0.15) is 12.5 Å². The molecular formula is C18H24N4O3. The Kier molecular flexibility index (Phi) is 5.55. The number of ether oxygens (including phenoxy) is 2. The molecule has 1 aliphatic heterocycles. The highest BCUT2D eigenvalue weighted by Crippen LogP contribution is 2.30. The Labute approximate surface area is 147 Å². The van der Waals surface area contributed by atoms with Crippen LogP contribution in [0.25, 0.3) is 0 Å². The van der Waals surface area contributed by atoms with Crippen LogP contribution in [0.15, 0.2) is 36.7 Å². The number of fused-ring (bicyclic) bond motifs is 1. The summed E-state index contributed by atoms with van der Waals surface area (Å²) in [6.45, 7) is 6.09. The number of aromatic nitrogens is 2. The first-order chi connectivity index (χ1) is 12.1. The van der Waals surface area contributed by atoms with E-state index in [2.05, 4.69) is 15.7 Å². The molecule has 1 amide bonds. The van der Waals surface area contributed by atoms with Crippen molar-refractivity contribution in [3.8, 4) is 11.5 Å². The molecule has 2 aromatic rings. The van der Waals surface area contributed by atoms with Gasteiger partial charge in [0.2, 0.25) is 5.91 Å². The molecule has 2 unspecified atom stereocenters. The van der Waals surface area contributed by atoms with E-state index in [0.717, 1.165) is 17.9 Å². The van der Waals surface area contributed by atoms with E-state index in [1.807, 2.05) is 55.2 Å². The maximum Gasteiger partial charge on any atom is 0.236 e. The molecule has 0 bridgehead atoms. The van der Waals surface area contributed by atoms with Crippen molar-refractivity contribution in [2.45, 2.75) is 32.5 Å². The average Bonchev–Trinajstić information content (AvgIpc) is 3.04. The standard InChI is InChI=1S/C18H24N4O3/c1-13-9-21-22(11-13)8-7-19-14(2)18(23)20-10-15-12-24-16-5-3-4-6-17(16)25-15/h3-6,9,11,14-15,19H,7-8,10,12H2,1-2H3,(H,20,23). The van der Waals surface area contributed by atoms with Crippen molar-refractivity contribution < 1.29 is 14.3 Å². The summed E-state index contributed by atoms with van der Waals surface area (Å²) in [7, 11) is 0. The van der Waals surface area contributed by atoms with Crippen molar-refractivity contribution >= 4 is 5.91 Å². The van der Waals surface area contributed by atoms with Gasteiger partial charge < -0.3 is 20.1 Å². The molecule has 7 nitrogen and oxygen atoms in total. The van der Waals surface area contributed by atoms with E-state index in [4.69, 9.17) is 9.47 Å². The summed E-state index contributed by atoms with van der Waals surface area (Å²) >= 11 is 0. The van der Waals surface area contributed by atoms with Gasteiger partial charge in [0, 0.05) is 12.7 Å². The summed E-state index contributed by atoms with van der Waals surface area (Å²) < 4.78 is 13.3. The van der Waals surface area contributed by atoms with Gasteiger partial charge in [0.25, 0.3) is 0 Å². The lowest BCUT2D eigenvalue weighted by molar-refractivity contribution is -0.123.